The van der Waals surface area contributed by atoms with Crippen molar-refractivity contribution in [3.63, 3.8) is 0 Å². The molecular weight excluding hydrogens is 342 g/mol. The van der Waals surface area contributed by atoms with Gasteiger partial charge >= 0.3 is 26.7 Å². The molecular formula is C10H9NO9S2. The lowest BCUT2D eigenvalue weighted by molar-refractivity contribution is -0.131. The third-order valence-electron chi connectivity index (χ3n) is 2.42. The van der Waals surface area contributed by atoms with E-state index in [1.54, 1.807) is 0 Å². The smallest absolute Gasteiger partial charge is 0.423 e. The lowest BCUT2D eigenvalue weighted by Crippen LogP contribution is -2.11. The average Bonchev–Trinajstić information content (AvgIpc) is 2.68. The van der Waals surface area contributed by atoms with Crippen LogP contribution in [0.4, 0.5) is 0 Å². The molecule has 1 aromatic carbocycles. The molecule has 10 nitrogen and oxygen atoms in total. The maximum atomic E-state index is 11.2. The molecule has 12 heteroatoms. The Balaban J connectivity index is 2.73. The van der Waals surface area contributed by atoms with Crippen LogP contribution in [-0.4, -0.2) is 35.9 Å². The van der Waals surface area contributed by atoms with E-state index in [4.69, 9.17) is 13.8 Å². The highest BCUT2D eigenvalue weighted by atomic mass is 32.3. The van der Waals surface area contributed by atoms with Gasteiger partial charge in [-0.05, 0) is 12.1 Å². The minimum absolute atomic E-state index is 0.156. The molecule has 0 atom stereocenters. The van der Waals surface area contributed by atoms with E-state index in [9.17, 15) is 21.6 Å². The number of benzene rings is 1. The number of aromatic nitrogens is 1. The van der Waals surface area contributed by atoms with Gasteiger partial charge in [0.15, 0.2) is 11.5 Å². The Morgan fingerprint density at radius 1 is 1.14 bits per heavy atom. The molecule has 0 aliphatic heterocycles. The van der Waals surface area contributed by atoms with Gasteiger partial charge in [0.05, 0.1) is 5.52 Å². The molecule has 2 aromatic rings. The van der Waals surface area contributed by atoms with Crippen LogP contribution in [0.25, 0.3) is 10.9 Å². The molecule has 120 valence electrons. The van der Waals surface area contributed by atoms with E-state index < -0.39 is 32.4 Å². The summed E-state index contributed by atoms with van der Waals surface area (Å²) < 4.78 is 71.2. The Labute approximate surface area is 124 Å². The van der Waals surface area contributed by atoms with Crippen LogP contribution >= 0.6 is 0 Å². The fourth-order valence-electron chi connectivity index (χ4n) is 1.73. The minimum atomic E-state index is -4.95. The van der Waals surface area contributed by atoms with E-state index in [0.717, 1.165) is 25.3 Å². The SMILES string of the molecule is CC(=O)Oc1cc2ccn(S(=O)(=O)O)c2cc1OS(=O)(=O)O. The van der Waals surface area contributed by atoms with Crippen LogP contribution in [0.3, 0.4) is 0 Å². The highest BCUT2D eigenvalue weighted by Crippen LogP contribution is 2.34. The van der Waals surface area contributed by atoms with Crippen LogP contribution in [0.1, 0.15) is 6.92 Å². The molecule has 0 unspecified atom stereocenters. The molecule has 0 saturated carbocycles. The predicted octanol–water partition coefficient (Wildman–Crippen LogP) is 0.399. The van der Waals surface area contributed by atoms with Crippen molar-refractivity contribution in [2.45, 2.75) is 6.92 Å². The van der Waals surface area contributed by atoms with Crippen LogP contribution < -0.4 is 8.92 Å². The van der Waals surface area contributed by atoms with Gasteiger partial charge in [-0.25, -0.2) is 3.97 Å². The fourth-order valence-corrected chi connectivity index (χ4v) is 2.71. The Morgan fingerprint density at radius 3 is 2.27 bits per heavy atom. The second-order valence-corrected chi connectivity index (χ2v) is 6.36. The van der Waals surface area contributed by atoms with Gasteiger partial charge in [-0.2, -0.15) is 16.8 Å². The Bertz CT molecular complexity index is 956. The molecule has 0 saturated heterocycles. The number of nitrogens with zero attached hydrogens (tertiary/aromatic N) is 1. The van der Waals surface area contributed by atoms with Crippen molar-refractivity contribution in [3.8, 4) is 11.5 Å². The maximum absolute atomic E-state index is 11.2. The number of carbonyl (C=O) groups excluding carboxylic acids is 1. The molecule has 1 aromatic heterocycles. The van der Waals surface area contributed by atoms with Gasteiger partial charge in [-0.1, -0.05) is 0 Å². The lowest BCUT2D eigenvalue weighted by Gasteiger charge is -2.09. The number of ether oxygens (including phenoxy) is 1. The van der Waals surface area contributed by atoms with Crippen LogP contribution in [0.5, 0.6) is 11.5 Å². The van der Waals surface area contributed by atoms with Crippen molar-refractivity contribution in [1.82, 2.24) is 3.97 Å². The molecule has 0 aliphatic carbocycles. The van der Waals surface area contributed by atoms with E-state index in [2.05, 4.69) is 4.18 Å². The molecule has 0 spiro atoms. The van der Waals surface area contributed by atoms with E-state index in [1.807, 2.05) is 0 Å². The zero-order valence-corrected chi connectivity index (χ0v) is 12.5. The molecule has 1 heterocycles. The third kappa shape index (κ3) is 3.54. The second-order valence-electron chi connectivity index (χ2n) is 4.05. The van der Waals surface area contributed by atoms with Gasteiger partial charge < -0.3 is 8.92 Å². The van der Waals surface area contributed by atoms with Gasteiger partial charge in [0.25, 0.3) is 0 Å². The van der Waals surface area contributed by atoms with Crippen LogP contribution in [0, 0.1) is 0 Å². The van der Waals surface area contributed by atoms with Crippen molar-refractivity contribution in [1.29, 1.82) is 0 Å². The summed E-state index contributed by atoms with van der Waals surface area (Å²) in [5.41, 5.74) is -0.156. The normalized spacial score (nSPS) is 12.3. The standard InChI is InChI=1S/C10H9NO9S2/c1-6(12)19-9-4-7-2-3-11(21(13,14)15)8(7)5-10(9)20-22(16,17)18/h2-5H,1H3,(H,13,14,15)(H,16,17,18). The number of hydrogen-bond acceptors (Lipinski definition) is 7. The largest absolute Gasteiger partial charge is 0.446 e. The van der Waals surface area contributed by atoms with Crippen molar-refractivity contribution in [3.05, 3.63) is 24.4 Å². The fraction of sp³-hybridized carbons (Fsp3) is 0.100. The van der Waals surface area contributed by atoms with E-state index in [1.165, 1.54) is 6.07 Å². The summed E-state index contributed by atoms with van der Waals surface area (Å²) in [6, 6.07) is 3.25. The van der Waals surface area contributed by atoms with Gasteiger partial charge in [0.1, 0.15) is 0 Å². The van der Waals surface area contributed by atoms with Crippen molar-refractivity contribution in [2.75, 3.05) is 0 Å². The Kier molecular flexibility index (Phi) is 3.87. The first kappa shape index (κ1) is 16.2. The van der Waals surface area contributed by atoms with E-state index >= 15 is 0 Å². The van der Waals surface area contributed by atoms with Crippen LogP contribution in [0.15, 0.2) is 24.4 Å². The van der Waals surface area contributed by atoms with Gasteiger partial charge in [-0.15, -0.1) is 0 Å². The van der Waals surface area contributed by atoms with Crippen molar-refractivity contribution in [2.24, 2.45) is 0 Å². The molecule has 0 radical (unpaired) electrons. The number of carbonyl (C=O) groups is 1. The highest BCUT2D eigenvalue weighted by molar-refractivity contribution is 7.84. The zero-order valence-electron chi connectivity index (χ0n) is 10.8. The first-order valence-electron chi connectivity index (χ1n) is 5.46. The van der Waals surface area contributed by atoms with Crippen molar-refractivity contribution < 1.29 is 39.7 Å². The molecule has 22 heavy (non-hydrogen) atoms. The monoisotopic (exact) mass is 351 g/mol. The zero-order chi connectivity index (χ0) is 16.7. The summed E-state index contributed by atoms with van der Waals surface area (Å²) in [6.45, 7) is 1.05. The summed E-state index contributed by atoms with van der Waals surface area (Å²) in [5, 5.41) is 0.205. The third-order valence-corrected chi connectivity index (χ3v) is 3.62. The topological polar surface area (TPSA) is 149 Å². The minimum Gasteiger partial charge on any atom is -0.423 e. The predicted molar refractivity (Wildman–Crippen MR) is 72.4 cm³/mol. The Hall–Kier alpha value is -2.15. The van der Waals surface area contributed by atoms with E-state index in [0.29, 0.717) is 3.97 Å². The molecule has 0 amide bonds. The number of rotatable bonds is 4. The number of esters is 1. The van der Waals surface area contributed by atoms with E-state index in [-0.39, 0.29) is 16.7 Å². The maximum Gasteiger partial charge on any atom is 0.446 e. The lowest BCUT2D eigenvalue weighted by atomic mass is 10.2. The number of fused-ring (bicyclic) bond motifs is 1. The second kappa shape index (κ2) is 5.24. The van der Waals surface area contributed by atoms with Gasteiger partial charge in [0.2, 0.25) is 0 Å². The summed E-state index contributed by atoms with van der Waals surface area (Å²) in [4.78, 5) is 11.0. The first-order chi connectivity index (χ1) is 9.97. The molecule has 0 bridgehead atoms. The molecule has 0 aliphatic rings. The summed E-state index contributed by atoms with van der Waals surface area (Å²) >= 11 is 0. The Morgan fingerprint density at radius 2 is 1.77 bits per heavy atom. The van der Waals surface area contributed by atoms with Crippen LogP contribution in [0.2, 0.25) is 0 Å². The van der Waals surface area contributed by atoms with Gasteiger partial charge in [-0.3, -0.25) is 13.9 Å². The summed E-state index contributed by atoms with van der Waals surface area (Å²) in [6.07, 6.45) is 0.995. The highest BCUT2D eigenvalue weighted by Gasteiger charge is 2.20. The first-order valence-corrected chi connectivity index (χ1v) is 8.22. The summed E-state index contributed by atoms with van der Waals surface area (Å²) in [5.74, 6) is -1.78. The molecule has 2 rings (SSSR count). The van der Waals surface area contributed by atoms with Gasteiger partial charge in [0, 0.05) is 24.6 Å². The van der Waals surface area contributed by atoms with Crippen molar-refractivity contribution >= 4 is 37.6 Å². The van der Waals surface area contributed by atoms with Crippen LogP contribution in [-0.2, 0) is 25.5 Å². The number of hydrogen-bond donors (Lipinski definition) is 2. The quantitative estimate of drug-likeness (QED) is 0.453. The average molecular weight is 351 g/mol. The molecule has 2 N–H and O–H groups in total. The summed E-state index contributed by atoms with van der Waals surface area (Å²) in [7, 11) is -9.59. The molecule has 0 fully saturated rings.